The number of imide groups is 1. The second-order valence-electron chi connectivity index (χ2n) is 2.55. The Bertz CT molecular complexity index is 147. The van der Waals surface area contributed by atoms with Gasteiger partial charge in [0.15, 0.2) is 0 Å². The summed E-state index contributed by atoms with van der Waals surface area (Å²) in [6.07, 6.45) is 2.77. The Hall–Kier alpha value is -0.860. The monoisotopic (exact) mass is 141 g/mol. The quantitative estimate of drug-likeness (QED) is 0.462. The molecule has 0 aromatic carbocycles. The molecule has 1 heterocycles. The van der Waals surface area contributed by atoms with Crippen molar-refractivity contribution in [2.24, 2.45) is 0 Å². The first-order valence-corrected chi connectivity index (χ1v) is 3.51. The summed E-state index contributed by atoms with van der Waals surface area (Å²) >= 11 is 0. The number of carbonyl (C=O) groups is 2. The first-order chi connectivity index (χ1) is 4.72. The lowest BCUT2D eigenvalue weighted by molar-refractivity contribution is -0.141. The molecule has 0 aliphatic carbocycles. The fraction of sp³-hybridized carbons (Fsp3) is 0.714. The van der Waals surface area contributed by atoms with Crippen LogP contribution in [0.15, 0.2) is 0 Å². The SMILES string of the molecule is CN1C(=O)CCCCC1=O. The molecule has 0 aromatic rings. The molecule has 0 atom stereocenters. The van der Waals surface area contributed by atoms with E-state index in [1.165, 1.54) is 4.90 Å². The molecule has 2 amide bonds. The molecule has 0 radical (unpaired) electrons. The summed E-state index contributed by atoms with van der Waals surface area (Å²) in [4.78, 5) is 23.1. The van der Waals surface area contributed by atoms with Crippen molar-refractivity contribution in [1.82, 2.24) is 4.90 Å². The van der Waals surface area contributed by atoms with E-state index in [9.17, 15) is 9.59 Å². The molecule has 1 rings (SSSR count). The minimum absolute atomic E-state index is 0.0394. The van der Waals surface area contributed by atoms with E-state index >= 15 is 0 Å². The van der Waals surface area contributed by atoms with Crippen molar-refractivity contribution in [2.45, 2.75) is 25.7 Å². The van der Waals surface area contributed by atoms with Gasteiger partial charge in [0, 0.05) is 19.9 Å². The highest BCUT2D eigenvalue weighted by molar-refractivity contribution is 5.95. The number of rotatable bonds is 0. The molecule has 56 valence electrons. The van der Waals surface area contributed by atoms with Crippen LogP contribution in [0.3, 0.4) is 0 Å². The zero-order valence-corrected chi connectivity index (χ0v) is 6.09. The van der Waals surface area contributed by atoms with E-state index in [4.69, 9.17) is 0 Å². The van der Waals surface area contributed by atoms with E-state index in [1.54, 1.807) is 7.05 Å². The average molecular weight is 141 g/mol. The zero-order chi connectivity index (χ0) is 7.56. The lowest BCUT2D eigenvalue weighted by Gasteiger charge is -2.10. The smallest absolute Gasteiger partial charge is 0.228 e. The Morgan fingerprint density at radius 1 is 1.10 bits per heavy atom. The molecule has 0 N–H and O–H groups in total. The summed E-state index contributed by atoms with van der Waals surface area (Å²) in [5.74, 6) is -0.0787. The lowest BCUT2D eigenvalue weighted by atomic mass is 10.2. The number of carbonyl (C=O) groups excluding carboxylic acids is 2. The van der Waals surface area contributed by atoms with Crippen LogP contribution in [-0.4, -0.2) is 23.8 Å². The molecular formula is C7H11NO2. The fourth-order valence-corrected chi connectivity index (χ4v) is 1.03. The first-order valence-electron chi connectivity index (χ1n) is 3.51. The Morgan fingerprint density at radius 3 is 1.90 bits per heavy atom. The third kappa shape index (κ3) is 1.35. The fourth-order valence-electron chi connectivity index (χ4n) is 1.03. The van der Waals surface area contributed by atoms with Gasteiger partial charge in [0.1, 0.15) is 0 Å². The van der Waals surface area contributed by atoms with E-state index in [-0.39, 0.29) is 11.8 Å². The first kappa shape index (κ1) is 7.25. The van der Waals surface area contributed by atoms with Crippen molar-refractivity contribution in [1.29, 1.82) is 0 Å². The third-order valence-corrected chi connectivity index (χ3v) is 1.78. The molecule has 0 saturated carbocycles. The van der Waals surface area contributed by atoms with Crippen molar-refractivity contribution in [3.05, 3.63) is 0 Å². The number of hydrogen-bond donors (Lipinski definition) is 0. The van der Waals surface area contributed by atoms with E-state index in [0.29, 0.717) is 12.8 Å². The van der Waals surface area contributed by atoms with Gasteiger partial charge in [0.05, 0.1) is 0 Å². The standard InChI is InChI=1S/C7H11NO2/c1-8-6(9)4-2-3-5-7(8)10/h2-5H2,1H3. The van der Waals surface area contributed by atoms with Crippen molar-refractivity contribution >= 4 is 11.8 Å². The molecule has 0 unspecified atom stereocenters. The number of amides is 2. The van der Waals surface area contributed by atoms with Gasteiger partial charge in [-0.3, -0.25) is 14.5 Å². The molecular weight excluding hydrogens is 130 g/mol. The third-order valence-electron chi connectivity index (χ3n) is 1.78. The van der Waals surface area contributed by atoms with Gasteiger partial charge in [-0.25, -0.2) is 0 Å². The van der Waals surface area contributed by atoms with E-state index in [1.807, 2.05) is 0 Å². The molecule has 0 spiro atoms. The topological polar surface area (TPSA) is 37.4 Å². The van der Waals surface area contributed by atoms with Gasteiger partial charge in [-0.1, -0.05) is 0 Å². The molecule has 1 aliphatic rings. The molecule has 1 aliphatic heterocycles. The van der Waals surface area contributed by atoms with Crippen LogP contribution in [0.5, 0.6) is 0 Å². The highest BCUT2D eigenvalue weighted by Crippen LogP contribution is 2.09. The maximum atomic E-state index is 10.9. The Kier molecular flexibility index (Phi) is 2.04. The van der Waals surface area contributed by atoms with Gasteiger partial charge in [-0.05, 0) is 12.8 Å². The summed E-state index contributed by atoms with van der Waals surface area (Å²) in [5, 5.41) is 0. The second-order valence-corrected chi connectivity index (χ2v) is 2.55. The van der Waals surface area contributed by atoms with Gasteiger partial charge in [-0.2, -0.15) is 0 Å². The van der Waals surface area contributed by atoms with Gasteiger partial charge in [0.2, 0.25) is 11.8 Å². The lowest BCUT2D eigenvalue weighted by Crippen LogP contribution is -2.30. The van der Waals surface area contributed by atoms with Crippen LogP contribution < -0.4 is 0 Å². The van der Waals surface area contributed by atoms with Gasteiger partial charge < -0.3 is 0 Å². The summed E-state index contributed by atoms with van der Waals surface area (Å²) in [6.45, 7) is 0. The Labute approximate surface area is 60.0 Å². The summed E-state index contributed by atoms with van der Waals surface area (Å²) in [6, 6.07) is 0. The minimum Gasteiger partial charge on any atom is -0.286 e. The maximum Gasteiger partial charge on any atom is 0.228 e. The van der Waals surface area contributed by atoms with Gasteiger partial charge in [0.25, 0.3) is 0 Å². The summed E-state index contributed by atoms with van der Waals surface area (Å²) < 4.78 is 0. The van der Waals surface area contributed by atoms with Crippen molar-refractivity contribution in [3.8, 4) is 0 Å². The number of hydrogen-bond acceptors (Lipinski definition) is 2. The molecule has 1 fully saturated rings. The summed E-state index contributed by atoms with van der Waals surface area (Å²) in [5.41, 5.74) is 0. The molecule has 1 saturated heterocycles. The van der Waals surface area contributed by atoms with Crippen LogP contribution in [0.4, 0.5) is 0 Å². The highest BCUT2D eigenvalue weighted by Gasteiger charge is 2.19. The van der Waals surface area contributed by atoms with Crippen molar-refractivity contribution in [3.63, 3.8) is 0 Å². The van der Waals surface area contributed by atoms with E-state index in [2.05, 4.69) is 0 Å². The molecule has 3 nitrogen and oxygen atoms in total. The Balaban J connectivity index is 2.64. The highest BCUT2D eigenvalue weighted by atomic mass is 16.2. The van der Waals surface area contributed by atoms with Crippen LogP contribution in [-0.2, 0) is 9.59 Å². The predicted octanol–water partition coefficient (Wildman–Crippen LogP) is 0.545. The van der Waals surface area contributed by atoms with Gasteiger partial charge in [-0.15, -0.1) is 0 Å². The molecule has 3 heteroatoms. The number of likely N-dealkylation sites (tertiary alicyclic amines) is 1. The molecule has 0 aromatic heterocycles. The predicted molar refractivity (Wildman–Crippen MR) is 36.2 cm³/mol. The maximum absolute atomic E-state index is 10.9. The minimum atomic E-state index is -0.0394. The summed E-state index contributed by atoms with van der Waals surface area (Å²) in [7, 11) is 1.55. The normalized spacial score (nSPS) is 21.1. The van der Waals surface area contributed by atoms with Crippen LogP contribution in [0.25, 0.3) is 0 Å². The molecule has 10 heavy (non-hydrogen) atoms. The average Bonchev–Trinajstić information content (AvgIpc) is 2.04. The van der Waals surface area contributed by atoms with Crippen LogP contribution >= 0.6 is 0 Å². The van der Waals surface area contributed by atoms with Crippen LogP contribution in [0.2, 0.25) is 0 Å². The van der Waals surface area contributed by atoms with E-state index < -0.39 is 0 Å². The number of nitrogens with zero attached hydrogens (tertiary/aromatic N) is 1. The Morgan fingerprint density at radius 2 is 1.50 bits per heavy atom. The largest absolute Gasteiger partial charge is 0.286 e. The second kappa shape index (κ2) is 2.82. The van der Waals surface area contributed by atoms with Crippen LogP contribution in [0.1, 0.15) is 25.7 Å². The van der Waals surface area contributed by atoms with Crippen LogP contribution in [0, 0.1) is 0 Å². The zero-order valence-electron chi connectivity index (χ0n) is 6.09. The van der Waals surface area contributed by atoms with Crippen molar-refractivity contribution < 1.29 is 9.59 Å². The van der Waals surface area contributed by atoms with Gasteiger partial charge >= 0.3 is 0 Å². The van der Waals surface area contributed by atoms with Crippen molar-refractivity contribution in [2.75, 3.05) is 7.05 Å². The molecule has 0 bridgehead atoms. The van der Waals surface area contributed by atoms with E-state index in [0.717, 1.165) is 12.8 Å².